The molecule has 0 fully saturated rings. The Bertz CT molecular complexity index is 522. The van der Waals surface area contributed by atoms with Gasteiger partial charge in [-0.25, -0.2) is 0 Å². The van der Waals surface area contributed by atoms with Crippen LogP contribution in [0.3, 0.4) is 0 Å². The van der Waals surface area contributed by atoms with Crippen LogP contribution in [0.5, 0.6) is 5.75 Å². The normalized spacial score (nSPS) is 14.1. The van der Waals surface area contributed by atoms with Crippen molar-refractivity contribution < 1.29 is 4.43 Å². The van der Waals surface area contributed by atoms with Crippen LogP contribution >= 0.6 is 0 Å². The van der Waals surface area contributed by atoms with Crippen LogP contribution in [0.2, 0.25) is 18.1 Å². The van der Waals surface area contributed by atoms with Crippen molar-refractivity contribution in [3.8, 4) is 5.75 Å². The second-order valence-electron chi connectivity index (χ2n) is 10.1. The maximum absolute atomic E-state index is 6.63. The van der Waals surface area contributed by atoms with Gasteiger partial charge in [-0.15, -0.1) is 0 Å². The van der Waals surface area contributed by atoms with Gasteiger partial charge in [0.2, 0.25) is 8.32 Å². The Morgan fingerprint density at radius 3 is 1.64 bits per heavy atom. The van der Waals surface area contributed by atoms with Crippen LogP contribution in [0.15, 0.2) is 18.2 Å². The maximum atomic E-state index is 6.63. The van der Waals surface area contributed by atoms with Crippen LogP contribution in [0, 0.1) is 0 Å². The van der Waals surface area contributed by atoms with Crippen molar-refractivity contribution in [1.82, 2.24) is 0 Å². The molecule has 1 rings (SSSR count). The first-order valence-electron chi connectivity index (χ1n) is 8.40. The van der Waals surface area contributed by atoms with Crippen LogP contribution in [0.4, 0.5) is 0 Å². The number of rotatable bonds is 2. The molecule has 0 saturated carbocycles. The molecular weight excluding hydrogens is 284 g/mol. The summed E-state index contributed by atoms with van der Waals surface area (Å²) in [5, 5.41) is 0.213. The molecule has 0 amide bonds. The topological polar surface area (TPSA) is 9.23 Å². The monoisotopic (exact) mass is 320 g/mol. The van der Waals surface area contributed by atoms with E-state index in [0.29, 0.717) is 0 Å². The van der Waals surface area contributed by atoms with E-state index in [0.717, 1.165) is 5.75 Å². The summed E-state index contributed by atoms with van der Waals surface area (Å²) in [6, 6.07) is 6.78. The van der Waals surface area contributed by atoms with Crippen molar-refractivity contribution in [2.45, 2.75) is 91.3 Å². The molecule has 0 unspecified atom stereocenters. The fourth-order valence-electron chi connectivity index (χ4n) is 2.10. The molecule has 0 aromatic heterocycles. The smallest absolute Gasteiger partial charge is 0.250 e. The molecule has 0 radical (unpaired) electrons. The summed E-state index contributed by atoms with van der Waals surface area (Å²) in [5.41, 5.74) is 2.94. The molecule has 0 aliphatic carbocycles. The first-order chi connectivity index (χ1) is 9.56. The molecule has 0 N–H and O–H groups in total. The fraction of sp³-hybridized carbons (Fsp3) is 0.700. The van der Waals surface area contributed by atoms with Crippen LogP contribution in [-0.2, 0) is 10.8 Å². The summed E-state index contributed by atoms with van der Waals surface area (Å²) in [6.07, 6.45) is 0. The molecule has 0 aliphatic heterocycles. The SMILES string of the molecule is CC(C)(C)c1ccc(O[Si](C)(C)C(C)(C)C)c(C(C)(C)C)c1. The summed E-state index contributed by atoms with van der Waals surface area (Å²) in [7, 11) is -1.82. The lowest BCUT2D eigenvalue weighted by molar-refractivity contribution is 0.466. The quantitative estimate of drug-likeness (QED) is 0.553. The van der Waals surface area contributed by atoms with Gasteiger partial charge in [0.15, 0.2) is 0 Å². The minimum atomic E-state index is -1.82. The first kappa shape index (κ1) is 19.3. The minimum Gasteiger partial charge on any atom is -0.543 e. The van der Waals surface area contributed by atoms with Gasteiger partial charge in [-0.3, -0.25) is 0 Å². The highest BCUT2D eigenvalue weighted by Crippen LogP contribution is 2.41. The van der Waals surface area contributed by atoms with Gasteiger partial charge < -0.3 is 4.43 Å². The van der Waals surface area contributed by atoms with Gasteiger partial charge in [0.1, 0.15) is 5.75 Å². The third kappa shape index (κ3) is 4.38. The van der Waals surface area contributed by atoms with E-state index in [9.17, 15) is 0 Å². The van der Waals surface area contributed by atoms with E-state index >= 15 is 0 Å². The van der Waals surface area contributed by atoms with Gasteiger partial charge in [-0.05, 0) is 46.2 Å². The van der Waals surface area contributed by atoms with Crippen LogP contribution in [0.1, 0.15) is 73.4 Å². The summed E-state index contributed by atoms with van der Waals surface area (Å²) in [6.45, 7) is 25.1. The number of benzene rings is 1. The average molecular weight is 321 g/mol. The highest BCUT2D eigenvalue weighted by molar-refractivity contribution is 6.74. The number of hydrogen-bond acceptors (Lipinski definition) is 1. The Kier molecular flexibility index (Phi) is 5.00. The molecule has 0 spiro atoms. The standard InChI is InChI=1S/C20H36OSi/c1-18(2,3)15-12-13-17(16(14-15)19(4,5)6)21-22(10,11)20(7,8)9/h12-14H,1-11H3. The zero-order valence-electron chi connectivity index (χ0n) is 16.6. The first-order valence-corrected chi connectivity index (χ1v) is 11.3. The molecule has 2 heteroatoms. The zero-order valence-corrected chi connectivity index (χ0v) is 17.6. The van der Waals surface area contributed by atoms with E-state index < -0.39 is 8.32 Å². The second kappa shape index (κ2) is 5.70. The molecular formula is C20H36OSi. The number of hydrogen-bond donors (Lipinski definition) is 0. The molecule has 126 valence electrons. The highest BCUT2D eigenvalue weighted by atomic mass is 28.4. The molecule has 1 nitrogen and oxygen atoms in total. The minimum absolute atomic E-state index is 0.0823. The van der Waals surface area contributed by atoms with E-state index in [1.165, 1.54) is 11.1 Å². The second-order valence-corrected chi connectivity index (χ2v) is 14.8. The summed E-state index contributed by atoms with van der Waals surface area (Å²) in [4.78, 5) is 0. The Balaban J connectivity index is 3.38. The van der Waals surface area contributed by atoms with Crippen molar-refractivity contribution in [3.63, 3.8) is 0 Å². The van der Waals surface area contributed by atoms with E-state index in [2.05, 4.69) is 93.6 Å². The summed E-state index contributed by atoms with van der Waals surface area (Å²) in [5.74, 6) is 1.08. The lowest BCUT2D eigenvalue weighted by atomic mass is 9.80. The van der Waals surface area contributed by atoms with Crippen LogP contribution < -0.4 is 4.43 Å². The van der Waals surface area contributed by atoms with Crippen LogP contribution in [0.25, 0.3) is 0 Å². The Labute approximate surface area is 139 Å². The van der Waals surface area contributed by atoms with Gasteiger partial charge in [0.25, 0.3) is 0 Å². The van der Waals surface area contributed by atoms with E-state index in [1.807, 2.05) is 0 Å². The molecule has 1 aromatic rings. The lowest BCUT2D eigenvalue weighted by Gasteiger charge is -2.38. The van der Waals surface area contributed by atoms with E-state index in [1.54, 1.807) is 0 Å². The Hall–Kier alpha value is -0.763. The Morgan fingerprint density at radius 1 is 0.773 bits per heavy atom. The van der Waals surface area contributed by atoms with E-state index in [-0.39, 0.29) is 15.9 Å². The van der Waals surface area contributed by atoms with Crippen LogP contribution in [-0.4, -0.2) is 8.32 Å². The van der Waals surface area contributed by atoms with Gasteiger partial charge >= 0.3 is 0 Å². The molecule has 1 aromatic carbocycles. The third-order valence-corrected chi connectivity index (χ3v) is 9.17. The Morgan fingerprint density at radius 2 is 1.27 bits per heavy atom. The van der Waals surface area contributed by atoms with Crippen molar-refractivity contribution in [2.24, 2.45) is 0 Å². The average Bonchev–Trinajstić information content (AvgIpc) is 2.24. The lowest BCUT2D eigenvalue weighted by Crippen LogP contribution is -2.44. The van der Waals surface area contributed by atoms with Gasteiger partial charge in [0.05, 0.1) is 0 Å². The third-order valence-electron chi connectivity index (χ3n) is 4.82. The van der Waals surface area contributed by atoms with Gasteiger partial charge in [0, 0.05) is 0 Å². The van der Waals surface area contributed by atoms with Crippen molar-refractivity contribution in [2.75, 3.05) is 0 Å². The van der Waals surface area contributed by atoms with Crippen molar-refractivity contribution in [3.05, 3.63) is 29.3 Å². The maximum Gasteiger partial charge on any atom is 0.250 e. The van der Waals surface area contributed by atoms with Gasteiger partial charge in [-0.2, -0.15) is 0 Å². The molecule has 22 heavy (non-hydrogen) atoms. The summed E-state index contributed by atoms with van der Waals surface area (Å²) < 4.78 is 6.63. The highest BCUT2D eigenvalue weighted by Gasteiger charge is 2.40. The van der Waals surface area contributed by atoms with Crippen molar-refractivity contribution in [1.29, 1.82) is 0 Å². The molecule has 0 aliphatic rings. The van der Waals surface area contributed by atoms with Crippen molar-refractivity contribution >= 4 is 8.32 Å². The molecule has 0 heterocycles. The van der Waals surface area contributed by atoms with Gasteiger partial charge in [-0.1, -0.05) is 74.4 Å². The predicted octanol–water partition coefficient (Wildman–Crippen LogP) is 6.67. The fourth-order valence-corrected chi connectivity index (χ4v) is 3.13. The predicted molar refractivity (Wildman–Crippen MR) is 102 cm³/mol. The largest absolute Gasteiger partial charge is 0.543 e. The molecule has 0 atom stereocenters. The van der Waals surface area contributed by atoms with E-state index in [4.69, 9.17) is 4.43 Å². The zero-order chi connectivity index (χ0) is 17.6. The summed E-state index contributed by atoms with van der Waals surface area (Å²) >= 11 is 0. The molecule has 0 bridgehead atoms. The molecule has 0 saturated heterocycles.